The smallest absolute Gasteiger partial charge is 0.336 e. The average Bonchev–Trinajstić information content (AvgIpc) is 2.15. The van der Waals surface area contributed by atoms with Gasteiger partial charge in [0.25, 0.3) is 0 Å². The molecule has 1 rings (SSSR count). The summed E-state index contributed by atoms with van der Waals surface area (Å²) in [7, 11) is 0. The van der Waals surface area contributed by atoms with E-state index in [2.05, 4.69) is 0 Å². The first-order valence-electron chi connectivity index (χ1n) is 3.80. The number of aldehydes is 1. The fourth-order valence-electron chi connectivity index (χ4n) is 0.988. The van der Waals surface area contributed by atoms with Crippen LogP contribution in [0.15, 0.2) is 30.3 Å². The van der Waals surface area contributed by atoms with E-state index < -0.39 is 11.8 Å². The first kappa shape index (κ1) is 10.1. The first-order chi connectivity index (χ1) is 6.65. The van der Waals surface area contributed by atoms with E-state index >= 15 is 0 Å². The van der Waals surface area contributed by atoms with E-state index in [0.29, 0.717) is 11.8 Å². The van der Waals surface area contributed by atoms with Gasteiger partial charge in [0, 0.05) is 0 Å². The monoisotopic (exact) mass is 194 g/mol. The van der Waals surface area contributed by atoms with Crippen LogP contribution in [-0.4, -0.2) is 17.4 Å². The Labute approximate surface area is 79.5 Å². The molecule has 1 aromatic rings. The molecule has 1 aromatic carbocycles. The van der Waals surface area contributed by atoms with Crippen molar-refractivity contribution in [2.24, 2.45) is 0 Å². The summed E-state index contributed by atoms with van der Waals surface area (Å²) in [4.78, 5) is 20.8. The van der Waals surface area contributed by atoms with Crippen molar-refractivity contribution in [2.45, 2.75) is 0 Å². The number of aliphatic carboxylic acids is 1. The highest BCUT2D eigenvalue weighted by Crippen LogP contribution is 2.14. The molecule has 72 valence electrons. The van der Waals surface area contributed by atoms with E-state index in [9.17, 15) is 14.0 Å². The Kier molecular flexibility index (Phi) is 3.12. The van der Waals surface area contributed by atoms with Crippen LogP contribution in [-0.2, 0) is 9.59 Å². The molecule has 0 heterocycles. The van der Waals surface area contributed by atoms with Crippen LogP contribution in [0.3, 0.4) is 0 Å². The van der Waals surface area contributed by atoms with Gasteiger partial charge in [0.05, 0.1) is 5.57 Å². The fourth-order valence-corrected chi connectivity index (χ4v) is 0.988. The number of hydrogen-bond donors (Lipinski definition) is 1. The number of halogens is 1. The second kappa shape index (κ2) is 4.32. The molecule has 1 N–H and O–H groups in total. The zero-order valence-corrected chi connectivity index (χ0v) is 7.11. The molecule has 0 radical (unpaired) electrons. The van der Waals surface area contributed by atoms with E-state index in [1.165, 1.54) is 12.1 Å². The molecule has 0 aliphatic carbocycles. The van der Waals surface area contributed by atoms with Gasteiger partial charge in [-0.15, -0.1) is 0 Å². The van der Waals surface area contributed by atoms with Gasteiger partial charge in [-0.25, -0.2) is 9.18 Å². The normalized spacial score (nSPS) is 11.1. The van der Waals surface area contributed by atoms with Crippen molar-refractivity contribution in [2.75, 3.05) is 0 Å². The number of benzene rings is 1. The standard InChI is InChI=1S/C10H7FO3/c11-8-3-1-7(2-4-8)9(5-6-12)10(13)14/h1-6H,(H,13,14). The molecule has 0 amide bonds. The number of carboxylic acids is 1. The number of rotatable bonds is 3. The maximum absolute atomic E-state index is 12.5. The Morgan fingerprint density at radius 2 is 1.86 bits per heavy atom. The lowest BCUT2D eigenvalue weighted by atomic mass is 10.1. The summed E-state index contributed by atoms with van der Waals surface area (Å²) in [6.07, 6.45) is 1.31. The van der Waals surface area contributed by atoms with Crippen molar-refractivity contribution in [1.29, 1.82) is 0 Å². The highest BCUT2D eigenvalue weighted by molar-refractivity contribution is 6.18. The van der Waals surface area contributed by atoms with Crippen molar-refractivity contribution in [3.63, 3.8) is 0 Å². The molecule has 0 spiro atoms. The largest absolute Gasteiger partial charge is 0.478 e. The summed E-state index contributed by atoms with van der Waals surface area (Å²) in [6.45, 7) is 0. The second-order valence-electron chi connectivity index (χ2n) is 2.53. The summed E-state index contributed by atoms with van der Waals surface area (Å²) in [5.41, 5.74) is 0.144. The molecule has 14 heavy (non-hydrogen) atoms. The highest BCUT2D eigenvalue weighted by Gasteiger charge is 2.09. The van der Waals surface area contributed by atoms with Crippen LogP contribution < -0.4 is 0 Å². The lowest BCUT2D eigenvalue weighted by Gasteiger charge is -2.00. The van der Waals surface area contributed by atoms with Crippen molar-refractivity contribution in [3.05, 3.63) is 41.7 Å². The molecule has 0 unspecified atom stereocenters. The van der Waals surface area contributed by atoms with Crippen LogP contribution in [0.4, 0.5) is 4.39 Å². The number of carbonyl (C=O) groups is 2. The predicted molar refractivity (Wildman–Crippen MR) is 48.1 cm³/mol. The van der Waals surface area contributed by atoms with Gasteiger partial charge >= 0.3 is 5.97 Å². The van der Waals surface area contributed by atoms with Gasteiger partial charge in [0.1, 0.15) is 12.1 Å². The SMILES string of the molecule is O=CC=C(C(=O)O)c1ccc(F)cc1. The van der Waals surface area contributed by atoms with Crippen molar-refractivity contribution in [3.8, 4) is 0 Å². The zero-order chi connectivity index (χ0) is 10.6. The van der Waals surface area contributed by atoms with Crippen LogP contribution in [0.2, 0.25) is 0 Å². The zero-order valence-electron chi connectivity index (χ0n) is 7.11. The van der Waals surface area contributed by atoms with Crippen LogP contribution in [0, 0.1) is 5.82 Å². The van der Waals surface area contributed by atoms with Crippen LogP contribution in [0.25, 0.3) is 5.57 Å². The molecule has 0 fully saturated rings. The maximum atomic E-state index is 12.5. The number of carboxylic acid groups (broad SMARTS) is 1. The molecule has 4 heteroatoms. The second-order valence-corrected chi connectivity index (χ2v) is 2.53. The molecule has 0 aromatic heterocycles. The lowest BCUT2D eigenvalue weighted by molar-refractivity contribution is -0.130. The Balaban J connectivity index is 3.12. The van der Waals surface area contributed by atoms with Gasteiger partial charge in [0.2, 0.25) is 0 Å². The number of allylic oxidation sites excluding steroid dienone is 1. The third kappa shape index (κ3) is 2.26. The van der Waals surface area contributed by atoms with Gasteiger partial charge in [0.15, 0.2) is 0 Å². The number of hydrogen-bond acceptors (Lipinski definition) is 2. The van der Waals surface area contributed by atoms with E-state index in [-0.39, 0.29) is 5.57 Å². The molecule has 0 bridgehead atoms. The van der Waals surface area contributed by atoms with Gasteiger partial charge in [-0.1, -0.05) is 12.1 Å². The van der Waals surface area contributed by atoms with Gasteiger partial charge in [-0.3, -0.25) is 4.79 Å². The summed E-state index contributed by atoms with van der Waals surface area (Å²) in [6, 6.07) is 4.88. The molecular formula is C10H7FO3. The topological polar surface area (TPSA) is 54.4 Å². The minimum Gasteiger partial charge on any atom is -0.478 e. The lowest BCUT2D eigenvalue weighted by Crippen LogP contribution is -2.00. The molecular weight excluding hydrogens is 187 g/mol. The fraction of sp³-hybridized carbons (Fsp3) is 0. The maximum Gasteiger partial charge on any atom is 0.336 e. The van der Waals surface area contributed by atoms with E-state index in [0.717, 1.165) is 18.2 Å². The molecule has 3 nitrogen and oxygen atoms in total. The van der Waals surface area contributed by atoms with E-state index in [1.54, 1.807) is 0 Å². The van der Waals surface area contributed by atoms with Gasteiger partial charge < -0.3 is 5.11 Å². The van der Waals surface area contributed by atoms with Crippen LogP contribution in [0.1, 0.15) is 5.56 Å². The number of carbonyl (C=O) groups excluding carboxylic acids is 1. The van der Waals surface area contributed by atoms with Crippen molar-refractivity contribution < 1.29 is 19.1 Å². The Hall–Kier alpha value is -1.97. The predicted octanol–water partition coefficient (Wildman–Crippen LogP) is 1.49. The van der Waals surface area contributed by atoms with Crippen LogP contribution >= 0.6 is 0 Å². The summed E-state index contributed by atoms with van der Waals surface area (Å²) in [5.74, 6) is -1.67. The quantitative estimate of drug-likeness (QED) is 0.585. The minimum absolute atomic E-state index is 0.153. The molecule has 0 atom stereocenters. The van der Waals surface area contributed by atoms with E-state index in [4.69, 9.17) is 5.11 Å². The van der Waals surface area contributed by atoms with Gasteiger partial charge in [-0.2, -0.15) is 0 Å². The highest BCUT2D eigenvalue weighted by atomic mass is 19.1. The summed E-state index contributed by atoms with van der Waals surface area (Å²) < 4.78 is 12.5. The van der Waals surface area contributed by atoms with Crippen LogP contribution in [0.5, 0.6) is 0 Å². The van der Waals surface area contributed by atoms with Crippen molar-refractivity contribution in [1.82, 2.24) is 0 Å². The Bertz CT molecular complexity index is 379. The van der Waals surface area contributed by atoms with Gasteiger partial charge in [-0.05, 0) is 23.8 Å². The third-order valence-electron chi connectivity index (χ3n) is 1.62. The van der Waals surface area contributed by atoms with Crippen molar-refractivity contribution >= 4 is 17.8 Å². The molecule has 0 saturated heterocycles. The third-order valence-corrected chi connectivity index (χ3v) is 1.62. The summed E-state index contributed by atoms with van der Waals surface area (Å²) >= 11 is 0. The molecule has 0 saturated carbocycles. The van der Waals surface area contributed by atoms with E-state index in [1.807, 2.05) is 0 Å². The Morgan fingerprint density at radius 1 is 1.29 bits per heavy atom. The first-order valence-corrected chi connectivity index (χ1v) is 3.80. The Morgan fingerprint density at radius 3 is 2.29 bits per heavy atom. The molecule has 0 aliphatic rings. The molecule has 0 aliphatic heterocycles. The minimum atomic E-state index is -1.22. The average molecular weight is 194 g/mol. The summed E-state index contributed by atoms with van der Waals surface area (Å²) in [5, 5.41) is 8.71.